The molecule has 6 nitrogen and oxygen atoms in total. The predicted molar refractivity (Wildman–Crippen MR) is 117 cm³/mol. The lowest BCUT2D eigenvalue weighted by Crippen LogP contribution is -2.36. The van der Waals surface area contributed by atoms with E-state index in [0.717, 1.165) is 32.2 Å². The molecule has 3 rings (SSSR count). The highest BCUT2D eigenvalue weighted by Gasteiger charge is 2.20. The molecule has 1 aliphatic rings. The number of nitrogens with one attached hydrogen (secondary N) is 2. The first-order chi connectivity index (χ1) is 13.8. The molecule has 0 aliphatic carbocycles. The van der Waals surface area contributed by atoms with E-state index < -0.39 is 10.0 Å². The van der Waals surface area contributed by atoms with Crippen LogP contribution in [0.15, 0.2) is 48.5 Å². The zero-order valence-corrected chi connectivity index (χ0v) is 18.0. The normalized spacial score (nSPS) is 15.1. The largest absolute Gasteiger partial charge is 0.352 e. The second kappa shape index (κ2) is 9.61. The van der Waals surface area contributed by atoms with Crippen LogP contribution in [-0.4, -0.2) is 40.2 Å². The fourth-order valence-electron chi connectivity index (χ4n) is 3.39. The summed E-state index contributed by atoms with van der Waals surface area (Å²) in [4.78, 5) is 12.4. The number of sulfonamides is 1. The molecule has 0 saturated carbocycles. The van der Waals surface area contributed by atoms with Gasteiger partial charge in [-0.15, -0.1) is 0 Å². The zero-order valence-electron chi connectivity index (χ0n) is 16.4. The summed E-state index contributed by atoms with van der Waals surface area (Å²) < 4.78 is 26.0. The Kier molecular flexibility index (Phi) is 7.16. The van der Waals surface area contributed by atoms with Crippen molar-refractivity contribution < 1.29 is 13.2 Å². The fourth-order valence-corrected chi connectivity index (χ4v) is 4.46. The van der Waals surface area contributed by atoms with E-state index in [2.05, 4.69) is 10.6 Å². The molecule has 2 aromatic carbocycles. The van der Waals surface area contributed by atoms with E-state index >= 15 is 0 Å². The summed E-state index contributed by atoms with van der Waals surface area (Å²) in [5.74, 6) is 0.350. The summed E-state index contributed by atoms with van der Waals surface area (Å²) in [5, 5.41) is 6.80. The average Bonchev–Trinajstić information content (AvgIpc) is 2.71. The van der Waals surface area contributed by atoms with Gasteiger partial charge in [-0.25, -0.2) is 8.42 Å². The van der Waals surface area contributed by atoms with Gasteiger partial charge in [0.15, 0.2) is 0 Å². The number of anilines is 1. The molecular weight excluding hydrogens is 410 g/mol. The standard InChI is InChI=1S/C21H26ClN3O3S/c1-29(27,28)25(15-18-4-2-3-5-20(18)22)19-8-6-17(7-9-19)21(26)24-14-16-10-12-23-13-11-16/h2-9,16,23H,10-15H2,1H3,(H,24,26). The number of hydrogen-bond donors (Lipinski definition) is 2. The van der Waals surface area contributed by atoms with Crippen LogP contribution in [0.1, 0.15) is 28.8 Å². The predicted octanol–water partition coefficient (Wildman–Crippen LogP) is 3.04. The van der Waals surface area contributed by atoms with Gasteiger partial charge in [0.2, 0.25) is 10.0 Å². The van der Waals surface area contributed by atoms with Crippen molar-refractivity contribution in [1.82, 2.24) is 10.6 Å². The maximum atomic E-state index is 12.4. The van der Waals surface area contributed by atoms with Crippen molar-refractivity contribution in [3.8, 4) is 0 Å². The highest BCUT2D eigenvalue weighted by molar-refractivity contribution is 7.92. The lowest BCUT2D eigenvalue weighted by atomic mass is 9.98. The van der Waals surface area contributed by atoms with Crippen LogP contribution in [0.2, 0.25) is 5.02 Å². The Morgan fingerprint density at radius 1 is 1.14 bits per heavy atom. The number of rotatable bonds is 7. The summed E-state index contributed by atoms with van der Waals surface area (Å²) >= 11 is 6.19. The summed E-state index contributed by atoms with van der Waals surface area (Å²) in [7, 11) is -3.52. The molecular formula is C21H26ClN3O3S. The Morgan fingerprint density at radius 2 is 1.79 bits per heavy atom. The van der Waals surface area contributed by atoms with E-state index in [1.165, 1.54) is 4.31 Å². The second-order valence-electron chi connectivity index (χ2n) is 7.31. The van der Waals surface area contributed by atoms with E-state index in [-0.39, 0.29) is 12.5 Å². The van der Waals surface area contributed by atoms with Crippen molar-refractivity contribution in [3.05, 3.63) is 64.7 Å². The van der Waals surface area contributed by atoms with Gasteiger partial charge in [-0.05, 0) is 67.7 Å². The summed E-state index contributed by atoms with van der Waals surface area (Å²) in [6, 6.07) is 13.7. The topological polar surface area (TPSA) is 78.5 Å². The van der Waals surface area contributed by atoms with Crippen molar-refractivity contribution in [2.45, 2.75) is 19.4 Å². The summed E-state index contributed by atoms with van der Waals surface area (Å²) in [6.07, 6.45) is 3.28. The molecule has 2 aromatic rings. The number of amides is 1. The minimum absolute atomic E-state index is 0.125. The van der Waals surface area contributed by atoms with Crippen molar-refractivity contribution in [2.24, 2.45) is 5.92 Å². The molecule has 0 aromatic heterocycles. The molecule has 0 radical (unpaired) electrons. The van der Waals surface area contributed by atoms with Gasteiger partial charge in [0.05, 0.1) is 18.5 Å². The van der Waals surface area contributed by atoms with Gasteiger partial charge in [-0.1, -0.05) is 29.8 Å². The minimum Gasteiger partial charge on any atom is -0.352 e. The molecule has 0 atom stereocenters. The number of carbonyl (C=O) groups is 1. The number of benzene rings is 2. The monoisotopic (exact) mass is 435 g/mol. The van der Waals surface area contributed by atoms with E-state index in [4.69, 9.17) is 11.6 Å². The van der Waals surface area contributed by atoms with Crippen molar-refractivity contribution in [1.29, 1.82) is 0 Å². The van der Waals surface area contributed by atoms with Gasteiger partial charge in [0, 0.05) is 17.1 Å². The van der Waals surface area contributed by atoms with Gasteiger partial charge in [-0.3, -0.25) is 9.10 Å². The van der Waals surface area contributed by atoms with Gasteiger partial charge in [0.25, 0.3) is 5.91 Å². The molecule has 29 heavy (non-hydrogen) atoms. The minimum atomic E-state index is -3.52. The molecule has 0 bridgehead atoms. The SMILES string of the molecule is CS(=O)(=O)N(Cc1ccccc1Cl)c1ccc(C(=O)NCC2CCNCC2)cc1. The van der Waals surface area contributed by atoms with E-state index in [1.54, 1.807) is 42.5 Å². The third-order valence-electron chi connectivity index (χ3n) is 5.10. The Balaban J connectivity index is 1.70. The first-order valence-electron chi connectivity index (χ1n) is 9.64. The lowest BCUT2D eigenvalue weighted by molar-refractivity contribution is 0.0944. The molecule has 1 fully saturated rings. The van der Waals surface area contributed by atoms with Crippen LogP contribution >= 0.6 is 11.6 Å². The third-order valence-corrected chi connectivity index (χ3v) is 6.61. The Hall–Kier alpha value is -2.09. The smallest absolute Gasteiger partial charge is 0.251 e. The Bertz CT molecular complexity index is 942. The maximum Gasteiger partial charge on any atom is 0.251 e. The first kappa shape index (κ1) is 21.6. The van der Waals surface area contributed by atoms with Crippen LogP contribution in [-0.2, 0) is 16.6 Å². The number of nitrogens with zero attached hydrogens (tertiary/aromatic N) is 1. The van der Waals surface area contributed by atoms with Crippen molar-refractivity contribution in [3.63, 3.8) is 0 Å². The van der Waals surface area contributed by atoms with Gasteiger partial charge in [-0.2, -0.15) is 0 Å². The number of halogens is 1. The van der Waals surface area contributed by atoms with Crippen molar-refractivity contribution >= 4 is 33.2 Å². The van der Waals surface area contributed by atoms with Crippen molar-refractivity contribution in [2.75, 3.05) is 30.2 Å². The first-order valence-corrected chi connectivity index (χ1v) is 11.9. The Labute approximate surface area is 177 Å². The van der Waals surface area contributed by atoms with E-state index in [1.807, 2.05) is 6.07 Å². The van der Waals surface area contributed by atoms with E-state index in [9.17, 15) is 13.2 Å². The summed E-state index contributed by atoms with van der Waals surface area (Å²) in [6.45, 7) is 2.76. The number of hydrogen-bond acceptors (Lipinski definition) is 4. The van der Waals surface area contributed by atoms with Crippen LogP contribution in [0, 0.1) is 5.92 Å². The van der Waals surface area contributed by atoms with E-state index in [0.29, 0.717) is 34.3 Å². The molecule has 1 amide bonds. The molecule has 156 valence electrons. The van der Waals surface area contributed by atoms with Gasteiger partial charge < -0.3 is 10.6 Å². The molecule has 1 heterocycles. The van der Waals surface area contributed by atoms with Crippen LogP contribution in [0.3, 0.4) is 0 Å². The van der Waals surface area contributed by atoms with Crippen LogP contribution in [0.25, 0.3) is 0 Å². The van der Waals surface area contributed by atoms with Crippen LogP contribution in [0.4, 0.5) is 5.69 Å². The van der Waals surface area contributed by atoms with Gasteiger partial charge in [0.1, 0.15) is 0 Å². The molecule has 0 unspecified atom stereocenters. The zero-order chi connectivity index (χ0) is 20.9. The highest BCUT2D eigenvalue weighted by atomic mass is 35.5. The molecule has 1 saturated heterocycles. The highest BCUT2D eigenvalue weighted by Crippen LogP contribution is 2.24. The van der Waals surface area contributed by atoms with Crippen LogP contribution < -0.4 is 14.9 Å². The number of carbonyl (C=O) groups excluding carboxylic acids is 1. The lowest BCUT2D eigenvalue weighted by Gasteiger charge is -2.24. The maximum absolute atomic E-state index is 12.4. The summed E-state index contributed by atoms with van der Waals surface area (Å²) in [5.41, 5.74) is 1.71. The molecule has 2 N–H and O–H groups in total. The Morgan fingerprint density at radius 3 is 2.41 bits per heavy atom. The molecule has 1 aliphatic heterocycles. The second-order valence-corrected chi connectivity index (χ2v) is 9.63. The van der Waals surface area contributed by atoms with Gasteiger partial charge >= 0.3 is 0 Å². The molecule has 8 heteroatoms. The average molecular weight is 436 g/mol. The number of piperidine rings is 1. The third kappa shape index (κ3) is 5.95. The van der Waals surface area contributed by atoms with Crippen LogP contribution in [0.5, 0.6) is 0 Å². The molecule has 0 spiro atoms. The quantitative estimate of drug-likeness (QED) is 0.700. The fraction of sp³-hybridized carbons (Fsp3) is 0.381.